The Labute approximate surface area is 153 Å². The minimum Gasteiger partial charge on any atom is -0.375 e. The summed E-state index contributed by atoms with van der Waals surface area (Å²) in [5.41, 5.74) is 7.70. The number of nitrogens with zero attached hydrogens (tertiary/aromatic N) is 1. The summed E-state index contributed by atoms with van der Waals surface area (Å²) in [7, 11) is 2.06. The maximum absolute atomic E-state index is 12.1. The number of halogens is 2. The van der Waals surface area contributed by atoms with Crippen molar-refractivity contribution in [3.63, 3.8) is 0 Å². The van der Waals surface area contributed by atoms with Gasteiger partial charge in [0.2, 0.25) is 0 Å². The molecule has 1 aromatic rings. The van der Waals surface area contributed by atoms with Gasteiger partial charge in [0.25, 0.3) is 5.91 Å². The summed E-state index contributed by atoms with van der Waals surface area (Å²) in [6, 6.07) is 7.71. The van der Waals surface area contributed by atoms with Crippen molar-refractivity contribution in [2.75, 3.05) is 25.0 Å². The van der Waals surface area contributed by atoms with E-state index in [1.165, 1.54) is 0 Å². The van der Waals surface area contributed by atoms with Gasteiger partial charge in [-0.25, -0.2) is 0 Å². The summed E-state index contributed by atoms with van der Waals surface area (Å²) in [5, 5.41) is 2.94. The van der Waals surface area contributed by atoms with Crippen LogP contribution < -0.4 is 16.0 Å². The van der Waals surface area contributed by atoms with E-state index in [2.05, 4.69) is 24.2 Å². The van der Waals surface area contributed by atoms with E-state index in [-0.39, 0.29) is 36.3 Å². The van der Waals surface area contributed by atoms with Gasteiger partial charge in [0.15, 0.2) is 0 Å². The van der Waals surface area contributed by atoms with Crippen molar-refractivity contribution >= 4 is 36.4 Å². The predicted molar refractivity (Wildman–Crippen MR) is 104 cm³/mol. The Morgan fingerprint density at radius 1 is 1.13 bits per heavy atom. The molecular weight excluding hydrogens is 333 g/mol. The first-order valence-electron chi connectivity index (χ1n) is 7.84. The smallest absolute Gasteiger partial charge is 0.251 e. The van der Waals surface area contributed by atoms with Crippen LogP contribution in [0.5, 0.6) is 0 Å². The van der Waals surface area contributed by atoms with E-state index in [9.17, 15) is 4.79 Å². The molecule has 23 heavy (non-hydrogen) atoms. The van der Waals surface area contributed by atoms with Gasteiger partial charge in [0.1, 0.15) is 0 Å². The maximum atomic E-state index is 12.1. The highest BCUT2D eigenvalue weighted by Crippen LogP contribution is 2.15. The summed E-state index contributed by atoms with van der Waals surface area (Å²) in [6.45, 7) is 7.77. The number of amides is 1. The molecule has 4 nitrogen and oxygen atoms in total. The van der Waals surface area contributed by atoms with E-state index in [1.807, 2.05) is 38.1 Å². The number of rotatable bonds is 8. The second-order valence-electron chi connectivity index (χ2n) is 5.72. The third-order valence-corrected chi connectivity index (χ3v) is 4.14. The van der Waals surface area contributed by atoms with Gasteiger partial charge >= 0.3 is 0 Å². The van der Waals surface area contributed by atoms with Crippen LogP contribution >= 0.6 is 24.8 Å². The molecule has 0 aliphatic carbocycles. The number of anilines is 1. The van der Waals surface area contributed by atoms with Gasteiger partial charge in [-0.15, -0.1) is 24.8 Å². The highest BCUT2D eigenvalue weighted by Gasteiger charge is 2.21. The SMILES string of the molecule is CCCN(C)c1ccc(C(=O)NCC(N)(CC)CC)cc1.Cl.Cl. The quantitative estimate of drug-likeness (QED) is 0.741. The van der Waals surface area contributed by atoms with Crippen molar-refractivity contribution in [2.24, 2.45) is 5.73 Å². The van der Waals surface area contributed by atoms with Crippen LogP contribution in [0.2, 0.25) is 0 Å². The highest BCUT2D eigenvalue weighted by molar-refractivity contribution is 5.94. The van der Waals surface area contributed by atoms with Crippen molar-refractivity contribution in [1.29, 1.82) is 0 Å². The lowest BCUT2D eigenvalue weighted by Gasteiger charge is -2.26. The Hall–Kier alpha value is -0.970. The third-order valence-electron chi connectivity index (χ3n) is 4.14. The molecule has 0 saturated heterocycles. The van der Waals surface area contributed by atoms with Crippen LogP contribution in [0.25, 0.3) is 0 Å². The van der Waals surface area contributed by atoms with Crippen molar-refractivity contribution < 1.29 is 4.79 Å². The van der Waals surface area contributed by atoms with E-state index in [0.29, 0.717) is 12.1 Å². The van der Waals surface area contributed by atoms with E-state index >= 15 is 0 Å². The number of hydrogen-bond donors (Lipinski definition) is 2. The monoisotopic (exact) mass is 363 g/mol. The molecule has 0 radical (unpaired) electrons. The molecule has 1 amide bonds. The lowest BCUT2D eigenvalue weighted by Crippen LogP contribution is -2.49. The zero-order valence-corrected chi connectivity index (χ0v) is 16.2. The van der Waals surface area contributed by atoms with Crippen LogP contribution in [-0.2, 0) is 0 Å². The Kier molecular flexibility index (Phi) is 12.2. The van der Waals surface area contributed by atoms with Crippen molar-refractivity contribution in [3.05, 3.63) is 29.8 Å². The number of nitrogens with two attached hydrogens (primary N) is 1. The average molecular weight is 364 g/mol. The zero-order chi connectivity index (χ0) is 15.9. The minimum atomic E-state index is -0.309. The molecule has 1 rings (SSSR count). The highest BCUT2D eigenvalue weighted by atomic mass is 35.5. The van der Waals surface area contributed by atoms with Gasteiger partial charge in [-0.05, 0) is 43.5 Å². The van der Waals surface area contributed by atoms with Crippen LogP contribution in [-0.4, -0.2) is 31.6 Å². The van der Waals surface area contributed by atoms with Crippen LogP contribution in [0.15, 0.2) is 24.3 Å². The first kappa shape index (κ1) is 24.3. The summed E-state index contributed by atoms with van der Waals surface area (Å²) in [4.78, 5) is 14.3. The molecule has 0 spiro atoms. The topological polar surface area (TPSA) is 58.4 Å². The average Bonchev–Trinajstić information content (AvgIpc) is 2.52. The molecule has 0 heterocycles. The Morgan fingerprint density at radius 3 is 2.09 bits per heavy atom. The number of carbonyl (C=O) groups excluding carboxylic acids is 1. The molecule has 1 aromatic carbocycles. The van der Waals surface area contributed by atoms with E-state index < -0.39 is 0 Å². The molecule has 0 unspecified atom stereocenters. The van der Waals surface area contributed by atoms with Crippen LogP contribution in [0.1, 0.15) is 50.4 Å². The van der Waals surface area contributed by atoms with E-state index in [1.54, 1.807) is 0 Å². The molecule has 0 aliphatic heterocycles. The van der Waals surface area contributed by atoms with Gasteiger partial charge in [0.05, 0.1) is 0 Å². The van der Waals surface area contributed by atoms with Crippen LogP contribution in [0.4, 0.5) is 5.69 Å². The third kappa shape index (κ3) is 7.42. The molecule has 134 valence electrons. The fourth-order valence-electron chi connectivity index (χ4n) is 2.19. The number of nitrogens with one attached hydrogen (secondary N) is 1. The molecule has 6 heteroatoms. The Bertz CT molecular complexity index is 448. The van der Waals surface area contributed by atoms with Crippen molar-refractivity contribution in [3.8, 4) is 0 Å². The molecular formula is C17H31Cl2N3O. The Morgan fingerprint density at radius 2 is 1.65 bits per heavy atom. The summed E-state index contributed by atoms with van der Waals surface area (Å²) in [6.07, 6.45) is 2.81. The molecule has 0 atom stereocenters. The van der Waals surface area contributed by atoms with Gasteiger partial charge in [-0.1, -0.05) is 20.8 Å². The molecule has 3 N–H and O–H groups in total. The predicted octanol–water partition coefficient (Wildman–Crippen LogP) is 3.62. The lowest BCUT2D eigenvalue weighted by atomic mass is 9.94. The fraction of sp³-hybridized carbons (Fsp3) is 0.588. The lowest BCUT2D eigenvalue weighted by molar-refractivity contribution is 0.0942. The molecule has 0 saturated carbocycles. The molecule has 0 aliphatic rings. The number of hydrogen-bond acceptors (Lipinski definition) is 3. The molecule has 0 aromatic heterocycles. The fourth-order valence-corrected chi connectivity index (χ4v) is 2.19. The van der Waals surface area contributed by atoms with Crippen LogP contribution in [0, 0.1) is 0 Å². The van der Waals surface area contributed by atoms with Crippen molar-refractivity contribution in [2.45, 2.75) is 45.6 Å². The number of benzene rings is 1. The largest absolute Gasteiger partial charge is 0.375 e. The van der Waals surface area contributed by atoms with E-state index in [0.717, 1.165) is 31.5 Å². The van der Waals surface area contributed by atoms with Gasteiger partial charge in [-0.2, -0.15) is 0 Å². The van der Waals surface area contributed by atoms with Crippen LogP contribution in [0.3, 0.4) is 0 Å². The normalized spacial score (nSPS) is 10.3. The summed E-state index contributed by atoms with van der Waals surface area (Å²) >= 11 is 0. The first-order valence-corrected chi connectivity index (χ1v) is 7.84. The Balaban J connectivity index is 0. The molecule has 0 bridgehead atoms. The number of carbonyl (C=O) groups is 1. The standard InChI is InChI=1S/C17H29N3O.2ClH/c1-5-12-20(4)15-10-8-14(9-11-15)16(21)19-13-17(18,6-2)7-3;;/h8-11H,5-7,12-13,18H2,1-4H3,(H,19,21);2*1H. The first-order chi connectivity index (χ1) is 9.95. The van der Waals surface area contributed by atoms with E-state index in [4.69, 9.17) is 5.73 Å². The second kappa shape index (κ2) is 11.5. The second-order valence-corrected chi connectivity index (χ2v) is 5.72. The van der Waals surface area contributed by atoms with Gasteiger partial charge < -0.3 is 16.0 Å². The molecule has 0 fully saturated rings. The zero-order valence-electron chi connectivity index (χ0n) is 14.6. The maximum Gasteiger partial charge on any atom is 0.251 e. The summed E-state index contributed by atoms with van der Waals surface area (Å²) < 4.78 is 0. The minimum absolute atomic E-state index is 0. The van der Waals surface area contributed by atoms with Gasteiger partial charge in [-0.3, -0.25) is 4.79 Å². The van der Waals surface area contributed by atoms with Gasteiger partial charge in [0, 0.05) is 36.9 Å². The summed E-state index contributed by atoms with van der Waals surface area (Å²) in [5.74, 6) is -0.0589. The van der Waals surface area contributed by atoms with Crippen molar-refractivity contribution in [1.82, 2.24) is 5.32 Å².